The Kier molecular flexibility index (Phi) is 32.4. The number of carboxylic acid groups (broad SMARTS) is 1. The standard InChI is InChI=1S/C60H91N11O25S2/c1-26(2)21-38(68-53(82)37(65-29(5)72)17-18-45(80)81)54(83)64-27(3)58(87)71-20-14-16-40(71)56(85)69-46(57(86)63-23-44(79)70-19-13-15-39(70)55(84)62-22-43(61)78)28(4)90-60-48(67-31(7)98)52(94-36(12)77)50(92-34(10)75)42(96-60)25-89-59-47(66-30(6)97)51(93-35(11)76)49(91-33(9)74)41(95-59)24-88-32(8)73/h26-28,37-42,46-52,59-60H,13-25H2,1-12H3,(H2,61,78)(H,62,84)(H,63,86)(H,64,83)(H,65,72)(H,66,97)(H,67,98)(H,68,82)(H,69,85)(H,80,81)/t27-,28+,37-,38-,39-,40-,41+,42+,46-,47+,48+,49-,50-,51+,52+,59-,60-/m0/s1. The van der Waals surface area contributed by atoms with Gasteiger partial charge in [-0.25, -0.2) is 0 Å². The van der Waals surface area contributed by atoms with Gasteiger partial charge in [-0.1, -0.05) is 38.3 Å². The lowest BCUT2D eigenvalue weighted by atomic mass is 9.95. The molecule has 0 aromatic rings. The molecule has 0 radical (unpaired) electrons. The van der Waals surface area contributed by atoms with Crippen LogP contribution in [0.2, 0.25) is 0 Å². The number of nitrogens with one attached hydrogen (secondary N) is 8. The maximum Gasteiger partial charge on any atom is 0.303 e. The lowest BCUT2D eigenvalue weighted by Crippen LogP contribution is -2.69. The number of amides is 9. The number of esters is 5. The van der Waals surface area contributed by atoms with Crippen LogP contribution in [0.1, 0.15) is 128 Å². The number of hydrogen-bond acceptors (Lipinski definition) is 26. The number of thiocarbonyl (C=S) groups is 2. The Morgan fingerprint density at radius 3 is 1.57 bits per heavy atom. The number of carbonyl (C=O) groups is 15. The molecule has 36 nitrogen and oxygen atoms in total. The first-order valence-corrected chi connectivity index (χ1v) is 32.5. The van der Waals surface area contributed by atoms with Crippen LogP contribution in [0.25, 0.3) is 0 Å². The minimum absolute atomic E-state index is 0.00199. The molecule has 0 unspecified atom stereocenters. The highest BCUT2D eigenvalue weighted by Gasteiger charge is 2.55. The smallest absolute Gasteiger partial charge is 0.303 e. The molecule has 0 aromatic carbocycles. The van der Waals surface area contributed by atoms with Crippen molar-refractivity contribution in [2.75, 3.05) is 39.4 Å². The summed E-state index contributed by atoms with van der Waals surface area (Å²) in [5.41, 5.74) is 5.22. The summed E-state index contributed by atoms with van der Waals surface area (Å²) < 4.78 is 53.9. The summed E-state index contributed by atoms with van der Waals surface area (Å²) in [4.78, 5) is 199. The van der Waals surface area contributed by atoms with Crippen LogP contribution in [0.4, 0.5) is 0 Å². The predicted octanol–water partition coefficient (Wildman–Crippen LogP) is -3.65. The maximum atomic E-state index is 14.9. The third kappa shape index (κ3) is 25.5. The molecule has 9 amide bonds. The zero-order valence-electron chi connectivity index (χ0n) is 56.6. The van der Waals surface area contributed by atoms with E-state index in [-0.39, 0.29) is 61.1 Å². The van der Waals surface area contributed by atoms with Crippen LogP contribution < -0.4 is 48.3 Å². The molecule has 4 aliphatic heterocycles. The Balaban J connectivity index is 1.78. The van der Waals surface area contributed by atoms with E-state index in [1.54, 1.807) is 13.8 Å². The number of nitrogens with two attached hydrogens (primary N) is 1. The highest BCUT2D eigenvalue weighted by atomic mass is 32.1. The molecule has 0 aromatic heterocycles. The highest BCUT2D eigenvalue weighted by molar-refractivity contribution is 7.80. The van der Waals surface area contributed by atoms with Crippen molar-refractivity contribution in [3.05, 3.63) is 0 Å². The van der Waals surface area contributed by atoms with Crippen LogP contribution in [-0.2, 0) is 115 Å². The van der Waals surface area contributed by atoms with E-state index in [1.807, 2.05) is 0 Å². The highest BCUT2D eigenvalue weighted by Crippen LogP contribution is 2.33. The van der Waals surface area contributed by atoms with Gasteiger partial charge in [-0.15, -0.1) is 0 Å². The number of carbonyl (C=O) groups excluding carboxylic acids is 14. The van der Waals surface area contributed by atoms with Gasteiger partial charge < -0.3 is 106 Å². The molecule has 4 rings (SSSR count). The molecule has 4 fully saturated rings. The number of primary amides is 1. The number of aliphatic carboxylic acids is 1. The van der Waals surface area contributed by atoms with Crippen molar-refractivity contribution in [3.63, 3.8) is 0 Å². The van der Waals surface area contributed by atoms with Crippen molar-refractivity contribution in [3.8, 4) is 0 Å². The monoisotopic (exact) mass is 1430 g/mol. The lowest BCUT2D eigenvalue weighted by Gasteiger charge is -2.48. The second-order valence-corrected chi connectivity index (χ2v) is 25.5. The molecule has 0 spiro atoms. The van der Waals surface area contributed by atoms with E-state index in [0.717, 1.165) is 46.4 Å². The molecule has 4 saturated heterocycles. The number of ether oxygens (including phenoxy) is 9. The molecule has 17 atom stereocenters. The third-order valence-corrected chi connectivity index (χ3v) is 15.7. The van der Waals surface area contributed by atoms with Crippen LogP contribution in [0, 0.1) is 5.92 Å². The second kappa shape index (κ2) is 38.7. The third-order valence-electron chi connectivity index (χ3n) is 15.5. The molecule has 4 heterocycles. The molecule has 0 aliphatic carbocycles. The van der Waals surface area contributed by atoms with E-state index in [4.69, 9.17) is 72.8 Å². The number of carboxylic acids is 1. The number of likely N-dealkylation sites (tertiary alicyclic amines) is 2. The van der Waals surface area contributed by atoms with Gasteiger partial charge in [0.25, 0.3) is 0 Å². The van der Waals surface area contributed by atoms with E-state index in [1.165, 1.54) is 32.6 Å². The fourth-order valence-corrected chi connectivity index (χ4v) is 11.7. The number of nitrogens with zero attached hydrogens (tertiary/aromatic N) is 2. The average Bonchev–Trinajstić information content (AvgIpc) is 0.966. The van der Waals surface area contributed by atoms with Crippen molar-refractivity contribution in [1.29, 1.82) is 0 Å². The first-order chi connectivity index (χ1) is 45.9. The van der Waals surface area contributed by atoms with Crippen molar-refractivity contribution in [2.45, 2.75) is 232 Å². The van der Waals surface area contributed by atoms with Crippen LogP contribution >= 0.6 is 24.4 Å². The maximum absolute atomic E-state index is 14.9. The summed E-state index contributed by atoms with van der Waals surface area (Å²) in [6.07, 6.45) is -14.2. The SMILES string of the molecule is CC(=O)N[C@@H](CCC(=O)O)C(=O)N[C@@H](CC(C)C)C(=O)N[C@@H](C)C(=O)N1CCC[C@H]1C(=O)N[C@H](C(=O)NCC(=O)N1CCC[C@H]1C(=O)NCC(N)=O)[C@@H](C)O[C@H]1O[C@H](CO[C@H]2O[C@H](COC(C)=O)[C@H](OC(C)=O)[C@H](OC(C)=O)[C@H]2NC(C)=S)[C@H](OC(C)=O)[C@H](OC(C)=O)[C@H]1NC(C)=S. The lowest BCUT2D eigenvalue weighted by molar-refractivity contribution is -0.311. The fourth-order valence-electron chi connectivity index (χ4n) is 11.5. The predicted molar refractivity (Wildman–Crippen MR) is 343 cm³/mol. The van der Waals surface area contributed by atoms with E-state index >= 15 is 0 Å². The summed E-state index contributed by atoms with van der Waals surface area (Å²) in [6.45, 7) is 12.8. The Morgan fingerprint density at radius 1 is 0.571 bits per heavy atom. The molecule has 548 valence electrons. The van der Waals surface area contributed by atoms with Gasteiger partial charge in [0.1, 0.15) is 67.1 Å². The van der Waals surface area contributed by atoms with Gasteiger partial charge >= 0.3 is 35.8 Å². The van der Waals surface area contributed by atoms with Crippen molar-refractivity contribution in [1.82, 2.24) is 52.3 Å². The summed E-state index contributed by atoms with van der Waals surface area (Å²) in [7, 11) is 0. The Morgan fingerprint density at radius 2 is 1.07 bits per heavy atom. The molecular formula is C60H91N11O25S2. The van der Waals surface area contributed by atoms with E-state index < -0.39 is 225 Å². The van der Waals surface area contributed by atoms with Gasteiger partial charge in [-0.3, -0.25) is 71.9 Å². The van der Waals surface area contributed by atoms with Gasteiger partial charge in [-0.05, 0) is 72.1 Å². The first kappa shape index (κ1) is 82.1. The molecule has 98 heavy (non-hydrogen) atoms. The van der Waals surface area contributed by atoms with E-state index in [0.29, 0.717) is 6.42 Å². The summed E-state index contributed by atoms with van der Waals surface area (Å²) in [5.74, 6) is -13.3. The molecule has 11 N–H and O–H groups in total. The minimum Gasteiger partial charge on any atom is -0.481 e. The summed E-state index contributed by atoms with van der Waals surface area (Å²) >= 11 is 10.8. The Hall–Kier alpha value is -8.33. The molecule has 0 bridgehead atoms. The Labute approximate surface area is 575 Å². The van der Waals surface area contributed by atoms with Gasteiger partial charge in [0.2, 0.25) is 53.2 Å². The Bertz CT molecular complexity index is 2980. The van der Waals surface area contributed by atoms with Crippen LogP contribution in [0.15, 0.2) is 0 Å². The zero-order valence-corrected chi connectivity index (χ0v) is 58.3. The van der Waals surface area contributed by atoms with Crippen molar-refractivity contribution >= 4 is 123 Å². The second-order valence-electron chi connectivity index (χ2n) is 24.2. The molecule has 0 saturated carbocycles. The van der Waals surface area contributed by atoms with Crippen molar-refractivity contribution < 1.29 is 120 Å². The first-order valence-electron chi connectivity index (χ1n) is 31.7. The molecular weight excluding hydrogens is 1340 g/mol. The number of rotatable bonds is 33. The van der Waals surface area contributed by atoms with Crippen LogP contribution in [0.3, 0.4) is 0 Å². The molecule has 4 aliphatic rings. The van der Waals surface area contributed by atoms with Gasteiger partial charge in [-0.2, -0.15) is 0 Å². The van der Waals surface area contributed by atoms with Crippen LogP contribution in [-0.4, -0.2) is 257 Å². The normalized spacial score (nSPS) is 25.0. The van der Waals surface area contributed by atoms with E-state index in [2.05, 4.69) is 42.5 Å². The minimum atomic E-state index is -1.88. The van der Waals surface area contributed by atoms with Gasteiger partial charge in [0.15, 0.2) is 37.0 Å². The summed E-state index contributed by atoms with van der Waals surface area (Å²) in [5, 5.41) is 30.1. The zero-order chi connectivity index (χ0) is 73.6. The van der Waals surface area contributed by atoms with Gasteiger partial charge in [0, 0.05) is 61.1 Å². The quantitative estimate of drug-likeness (QED) is 0.0172. The van der Waals surface area contributed by atoms with Crippen molar-refractivity contribution in [2.24, 2.45) is 11.7 Å². The van der Waals surface area contributed by atoms with Crippen LogP contribution in [0.5, 0.6) is 0 Å². The topological polar surface area (TPSA) is 488 Å². The number of hydrogen-bond donors (Lipinski definition) is 10. The van der Waals surface area contributed by atoms with Gasteiger partial charge in [0.05, 0.1) is 35.8 Å². The summed E-state index contributed by atoms with van der Waals surface area (Å²) in [6, 6.07) is -11.1. The fraction of sp³-hybridized carbons (Fsp3) is 0.717. The largest absolute Gasteiger partial charge is 0.481 e. The molecule has 38 heteroatoms. The van der Waals surface area contributed by atoms with E-state index in [9.17, 15) is 77.0 Å². The average molecular weight is 1430 g/mol.